The van der Waals surface area contributed by atoms with E-state index in [4.69, 9.17) is 5.73 Å². The minimum absolute atomic E-state index is 0.252. The summed E-state index contributed by atoms with van der Waals surface area (Å²) in [5.74, 6) is 0.411. The van der Waals surface area contributed by atoms with Crippen LogP contribution in [0.1, 0.15) is 25.7 Å². The van der Waals surface area contributed by atoms with E-state index in [2.05, 4.69) is 10.0 Å². The summed E-state index contributed by atoms with van der Waals surface area (Å²) in [5.41, 5.74) is 6.49. The maximum absolute atomic E-state index is 12.0. The molecule has 0 aliphatic heterocycles. The highest BCUT2D eigenvalue weighted by Gasteiger charge is 2.25. The molecule has 2 unspecified atom stereocenters. The lowest BCUT2D eigenvalue weighted by molar-refractivity contribution is 0.332. The fraction of sp³-hybridized carbons (Fsp3) is 0.571. The highest BCUT2D eigenvalue weighted by Crippen LogP contribution is 2.29. The number of nitrogens with one attached hydrogen (secondary N) is 2. The number of benzene rings is 1. The van der Waals surface area contributed by atoms with Crippen molar-refractivity contribution in [1.82, 2.24) is 4.72 Å². The molecule has 6 heteroatoms. The van der Waals surface area contributed by atoms with Crippen LogP contribution in [0.2, 0.25) is 0 Å². The van der Waals surface area contributed by atoms with Gasteiger partial charge in [0, 0.05) is 6.04 Å². The standard InChI is InChI=1S/C14H23N3O2S/c1-16-20(18,19)14-9-5-4-8-13(14)17-12-7-3-2-6-11(12)10-15/h4-5,8-9,11-12,16-17H,2-3,6-7,10,15H2,1H3. The summed E-state index contributed by atoms with van der Waals surface area (Å²) in [4.78, 5) is 0.295. The topological polar surface area (TPSA) is 84.2 Å². The SMILES string of the molecule is CNS(=O)(=O)c1ccccc1NC1CCCCC1CN. The smallest absolute Gasteiger partial charge is 0.242 e. The van der Waals surface area contributed by atoms with Gasteiger partial charge in [-0.3, -0.25) is 0 Å². The number of anilines is 1. The van der Waals surface area contributed by atoms with Gasteiger partial charge in [-0.25, -0.2) is 13.1 Å². The molecule has 0 amide bonds. The molecule has 2 atom stereocenters. The van der Waals surface area contributed by atoms with Gasteiger partial charge in [0.15, 0.2) is 0 Å². The third-order valence-electron chi connectivity index (χ3n) is 4.00. The molecule has 20 heavy (non-hydrogen) atoms. The van der Waals surface area contributed by atoms with Gasteiger partial charge in [0.1, 0.15) is 4.90 Å². The van der Waals surface area contributed by atoms with E-state index in [0.29, 0.717) is 23.0 Å². The highest BCUT2D eigenvalue weighted by molar-refractivity contribution is 7.89. The summed E-state index contributed by atoms with van der Waals surface area (Å²) in [5, 5.41) is 3.39. The molecule has 1 aromatic carbocycles. The van der Waals surface area contributed by atoms with Gasteiger partial charge in [-0.1, -0.05) is 25.0 Å². The molecular weight excluding hydrogens is 274 g/mol. The Balaban J connectivity index is 2.25. The van der Waals surface area contributed by atoms with E-state index < -0.39 is 10.0 Å². The molecule has 5 nitrogen and oxygen atoms in total. The van der Waals surface area contributed by atoms with Crippen LogP contribution in [0.5, 0.6) is 0 Å². The van der Waals surface area contributed by atoms with E-state index in [0.717, 1.165) is 19.3 Å². The normalized spacial score (nSPS) is 23.5. The number of nitrogens with two attached hydrogens (primary N) is 1. The fourth-order valence-corrected chi connectivity index (χ4v) is 3.70. The maximum atomic E-state index is 12.0. The predicted octanol–water partition coefficient (Wildman–Crippen LogP) is 1.52. The molecule has 0 radical (unpaired) electrons. The van der Waals surface area contributed by atoms with Crippen LogP contribution in [0.15, 0.2) is 29.2 Å². The highest BCUT2D eigenvalue weighted by atomic mass is 32.2. The minimum Gasteiger partial charge on any atom is -0.381 e. The zero-order chi connectivity index (χ0) is 14.6. The fourth-order valence-electron chi connectivity index (χ4n) is 2.81. The molecule has 0 spiro atoms. The Kier molecular flexibility index (Phi) is 5.01. The van der Waals surface area contributed by atoms with Gasteiger partial charge in [0.25, 0.3) is 0 Å². The van der Waals surface area contributed by atoms with Gasteiger partial charge in [0.05, 0.1) is 5.69 Å². The van der Waals surface area contributed by atoms with E-state index in [-0.39, 0.29) is 6.04 Å². The van der Waals surface area contributed by atoms with Gasteiger partial charge in [-0.05, 0) is 44.5 Å². The van der Waals surface area contributed by atoms with Crippen LogP contribution in [-0.4, -0.2) is 28.1 Å². The third kappa shape index (κ3) is 3.31. The van der Waals surface area contributed by atoms with Crippen molar-refractivity contribution in [2.24, 2.45) is 11.7 Å². The zero-order valence-corrected chi connectivity index (χ0v) is 12.6. The molecule has 1 aromatic rings. The first-order valence-corrected chi connectivity index (χ1v) is 8.56. The van der Waals surface area contributed by atoms with Crippen LogP contribution >= 0.6 is 0 Å². The van der Waals surface area contributed by atoms with Crippen LogP contribution in [0.3, 0.4) is 0 Å². The van der Waals surface area contributed by atoms with E-state index in [1.807, 2.05) is 12.1 Å². The van der Waals surface area contributed by atoms with E-state index in [1.165, 1.54) is 13.5 Å². The summed E-state index contributed by atoms with van der Waals surface area (Å²) in [6.07, 6.45) is 4.51. The van der Waals surface area contributed by atoms with Crippen LogP contribution in [0.4, 0.5) is 5.69 Å². The Bertz CT molecular complexity index is 545. The summed E-state index contributed by atoms with van der Waals surface area (Å²) >= 11 is 0. The lowest BCUT2D eigenvalue weighted by atomic mass is 9.84. The number of sulfonamides is 1. The molecule has 1 aliphatic rings. The van der Waals surface area contributed by atoms with E-state index >= 15 is 0 Å². The van der Waals surface area contributed by atoms with Gasteiger partial charge in [-0.15, -0.1) is 0 Å². The number of para-hydroxylation sites is 1. The van der Waals surface area contributed by atoms with Crippen LogP contribution in [-0.2, 0) is 10.0 Å². The van der Waals surface area contributed by atoms with Crippen molar-refractivity contribution in [1.29, 1.82) is 0 Å². The zero-order valence-electron chi connectivity index (χ0n) is 11.8. The van der Waals surface area contributed by atoms with Crippen molar-refractivity contribution in [3.05, 3.63) is 24.3 Å². The first-order valence-electron chi connectivity index (χ1n) is 7.07. The first-order chi connectivity index (χ1) is 9.58. The second kappa shape index (κ2) is 6.56. The molecule has 0 bridgehead atoms. The number of hydrogen-bond donors (Lipinski definition) is 3. The van der Waals surface area contributed by atoms with Crippen molar-refractivity contribution < 1.29 is 8.42 Å². The van der Waals surface area contributed by atoms with E-state index in [9.17, 15) is 8.42 Å². The van der Waals surface area contributed by atoms with Crippen molar-refractivity contribution in [3.63, 3.8) is 0 Å². The van der Waals surface area contributed by atoms with Gasteiger partial charge in [-0.2, -0.15) is 0 Å². The van der Waals surface area contributed by atoms with Crippen LogP contribution < -0.4 is 15.8 Å². The molecule has 2 rings (SSSR count). The van der Waals surface area contributed by atoms with Crippen LogP contribution in [0.25, 0.3) is 0 Å². The summed E-state index contributed by atoms with van der Waals surface area (Å²) in [6, 6.07) is 7.26. The number of rotatable bonds is 5. The first kappa shape index (κ1) is 15.3. The molecule has 0 aromatic heterocycles. The average molecular weight is 297 g/mol. The molecule has 112 valence electrons. The quantitative estimate of drug-likeness (QED) is 0.769. The molecule has 0 heterocycles. The predicted molar refractivity (Wildman–Crippen MR) is 81.1 cm³/mol. The molecule has 4 N–H and O–H groups in total. The second-order valence-corrected chi connectivity index (χ2v) is 7.09. The van der Waals surface area contributed by atoms with Gasteiger partial charge < -0.3 is 11.1 Å². The molecule has 1 aliphatic carbocycles. The molecule has 1 saturated carbocycles. The van der Waals surface area contributed by atoms with Crippen molar-refractivity contribution in [2.45, 2.75) is 36.6 Å². The Labute approximate surface area is 121 Å². The largest absolute Gasteiger partial charge is 0.381 e. The lowest BCUT2D eigenvalue weighted by Crippen LogP contribution is -2.37. The molecule has 1 fully saturated rings. The molecular formula is C14H23N3O2S. The summed E-state index contributed by atoms with van der Waals surface area (Å²) in [6.45, 7) is 0.638. The minimum atomic E-state index is -3.45. The van der Waals surface area contributed by atoms with Crippen molar-refractivity contribution in [2.75, 3.05) is 18.9 Å². The van der Waals surface area contributed by atoms with Crippen molar-refractivity contribution in [3.8, 4) is 0 Å². The molecule has 0 saturated heterocycles. The Morgan fingerprint density at radius 1 is 1.25 bits per heavy atom. The van der Waals surface area contributed by atoms with E-state index in [1.54, 1.807) is 12.1 Å². The van der Waals surface area contributed by atoms with Gasteiger partial charge in [0.2, 0.25) is 10.0 Å². The lowest BCUT2D eigenvalue weighted by Gasteiger charge is -2.32. The Morgan fingerprint density at radius 2 is 1.95 bits per heavy atom. The van der Waals surface area contributed by atoms with Crippen LogP contribution in [0, 0.1) is 5.92 Å². The monoisotopic (exact) mass is 297 g/mol. The third-order valence-corrected chi connectivity index (χ3v) is 5.47. The maximum Gasteiger partial charge on any atom is 0.242 e. The average Bonchev–Trinajstić information content (AvgIpc) is 2.48. The van der Waals surface area contributed by atoms with Crippen molar-refractivity contribution >= 4 is 15.7 Å². The Hall–Kier alpha value is -1.11. The second-order valence-electron chi connectivity index (χ2n) is 5.23. The summed E-state index contributed by atoms with van der Waals surface area (Å²) < 4.78 is 26.4. The van der Waals surface area contributed by atoms with Gasteiger partial charge >= 0.3 is 0 Å². The summed E-state index contributed by atoms with van der Waals surface area (Å²) in [7, 11) is -2.02. The Morgan fingerprint density at radius 3 is 2.65 bits per heavy atom. The number of hydrogen-bond acceptors (Lipinski definition) is 4.